The molecule has 0 radical (unpaired) electrons. The Balaban J connectivity index is 1.42. The van der Waals surface area contributed by atoms with Gasteiger partial charge in [-0.25, -0.2) is 8.78 Å². The van der Waals surface area contributed by atoms with Gasteiger partial charge in [-0.3, -0.25) is 0 Å². The Bertz CT molecular complexity index is 752. The van der Waals surface area contributed by atoms with Gasteiger partial charge in [0.05, 0.1) is 0 Å². The Labute approximate surface area is 188 Å². The summed E-state index contributed by atoms with van der Waals surface area (Å²) in [5.41, 5.74) is 2.25. The molecule has 5 atom stereocenters. The lowest BCUT2D eigenvalue weighted by molar-refractivity contribution is 0.113. The Morgan fingerprint density at radius 2 is 1.77 bits per heavy atom. The maximum Gasteiger partial charge on any atom is 0.133 e. The molecule has 4 rings (SSSR count). The third kappa shape index (κ3) is 5.25. The molecule has 0 bridgehead atoms. The van der Waals surface area contributed by atoms with E-state index in [0.29, 0.717) is 17.4 Å². The SMILES string of the molecule is C=CCCC1CCC2CC(c3c(F)cc4c(c3F)CCC(CCCCC)C4)CCC2C1. The van der Waals surface area contributed by atoms with E-state index in [4.69, 9.17) is 0 Å². The van der Waals surface area contributed by atoms with Crippen LogP contribution in [0.4, 0.5) is 8.78 Å². The number of hydrogen-bond acceptors (Lipinski definition) is 0. The zero-order valence-electron chi connectivity index (χ0n) is 19.6. The van der Waals surface area contributed by atoms with Crippen LogP contribution in [0.25, 0.3) is 0 Å². The van der Waals surface area contributed by atoms with Crippen molar-refractivity contribution in [3.8, 4) is 0 Å². The summed E-state index contributed by atoms with van der Waals surface area (Å²) in [7, 11) is 0. The van der Waals surface area contributed by atoms with Crippen molar-refractivity contribution >= 4 is 0 Å². The van der Waals surface area contributed by atoms with Crippen molar-refractivity contribution in [3.05, 3.63) is 47.0 Å². The number of unbranched alkanes of at least 4 members (excludes halogenated alkanes) is 2. The zero-order chi connectivity index (χ0) is 21.8. The van der Waals surface area contributed by atoms with Crippen molar-refractivity contribution in [2.45, 2.75) is 109 Å². The van der Waals surface area contributed by atoms with E-state index in [9.17, 15) is 0 Å². The number of benzene rings is 1. The Morgan fingerprint density at radius 3 is 2.58 bits per heavy atom. The molecule has 0 amide bonds. The predicted molar refractivity (Wildman–Crippen MR) is 126 cm³/mol. The van der Waals surface area contributed by atoms with Crippen LogP contribution in [0, 0.1) is 35.3 Å². The largest absolute Gasteiger partial charge is 0.207 e. The monoisotopic (exact) mass is 428 g/mol. The van der Waals surface area contributed by atoms with Gasteiger partial charge in [0.25, 0.3) is 0 Å². The van der Waals surface area contributed by atoms with Gasteiger partial charge in [-0.2, -0.15) is 0 Å². The fraction of sp³-hybridized carbons (Fsp3) is 0.724. The normalized spacial score (nSPS) is 30.5. The number of fused-ring (bicyclic) bond motifs is 2. The van der Waals surface area contributed by atoms with E-state index in [0.717, 1.165) is 67.9 Å². The highest BCUT2D eigenvalue weighted by Gasteiger charge is 2.38. The fourth-order valence-corrected chi connectivity index (χ4v) is 7.11. The molecular weight excluding hydrogens is 386 g/mol. The number of hydrogen-bond donors (Lipinski definition) is 0. The number of halogens is 2. The van der Waals surface area contributed by atoms with Crippen LogP contribution in [0.15, 0.2) is 18.7 Å². The van der Waals surface area contributed by atoms with E-state index in [1.54, 1.807) is 6.07 Å². The molecule has 3 aliphatic rings. The molecule has 1 aromatic rings. The van der Waals surface area contributed by atoms with E-state index in [1.807, 2.05) is 6.08 Å². The highest BCUT2D eigenvalue weighted by Crippen LogP contribution is 2.49. The van der Waals surface area contributed by atoms with Gasteiger partial charge < -0.3 is 0 Å². The van der Waals surface area contributed by atoms with Gasteiger partial charge in [0.2, 0.25) is 0 Å². The fourth-order valence-electron chi connectivity index (χ4n) is 7.11. The van der Waals surface area contributed by atoms with Gasteiger partial charge in [0, 0.05) is 5.56 Å². The van der Waals surface area contributed by atoms with Gasteiger partial charge in [0.15, 0.2) is 0 Å². The molecule has 0 saturated heterocycles. The molecule has 172 valence electrons. The zero-order valence-corrected chi connectivity index (χ0v) is 19.6. The summed E-state index contributed by atoms with van der Waals surface area (Å²) in [6.07, 6.45) is 19.1. The van der Waals surface area contributed by atoms with Gasteiger partial charge in [0.1, 0.15) is 11.6 Å². The molecule has 0 heterocycles. The van der Waals surface area contributed by atoms with Gasteiger partial charge >= 0.3 is 0 Å². The third-order valence-corrected chi connectivity index (χ3v) is 8.88. The quantitative estimate of drug-likeness (QED) is 0.286. The minimum atomic E-state index is -0.256. The van der Waals surface area contributed by atoms with E-state index >= 15 is 8.78 Å². The Morgan fingerprint density at radius 1 is 0.968 bits per heavy atom. The van der Waals surface area contributed by atoms with E-state index in [-0.39, 0.29) is 17.6 Å². The summed E-state index contributed by atoms with van der Waals surface area (Å²) in [6, 6.07) is 1.72. The molecule has 1 aromatic carbocycles. The van der Waals surface area contributed by atoms with Crippen LogP contribution in [0.3, 0.4) is 0 Å². The molecule has 0 aliphatic heterocycles. The first-order valence-corrected chi connectivity index (χ1v) is 13.2. The second-order valence-electron chi connectivity index (χ2n) is 10.9. The molecule has 3 aliphatic carbocycles. The molecule has 0 spiro atoms. The summed E-state index contributed by atoms with van der Waals surface area (Å²) < 4.78 is 30.8. The van der Waals surface area contributed by atoms with Crippen molar-refractivity contribution in [1.82, 2.24) is 0 Å². The average Bonchev–Trinajstić information content (AvgIpc) is 2.77. The highest BCUT2D eigenvalue weighted by atomic mass is 19.1. The molecule has 2 heteroatoms. The molecule has 0 aromatic heterocycles. The van der Waals surface area contributed by atoms with Crippen LogP contribution in [0.5, 0.6) is 0 Å². The second-order valence-corrected chi connectivity index (χ2v) is 10.9. The maximum atomic E-state index is 15.6. The summed E-state index contributed by atoms with van der Waals surface area (Å²) >= 11 is 0. The summed E-state index contributed by atoms with van der Waals surface area (Å²) in [4.78, 5) is 0. The second kappa shape index (κ2) is 10.6. The lowest BCUT2D eigenvalue weighted by atomic mass is 9.63. The highest BCUT2D eigenvalue weighted by molar-refractivity contribution is 5.39. The molecule has 31 heavy (non-hydrogen) atoms. The minimum absolute atomic E-state index is 0.0820. The van der Waals surface area contributed by atoms with E-state index < -0.39 is 0 Å². The van der Waals surface area contributed by atoms with Gasteiger partial charge in [-0.05, 0) is 111 Å². The first kappa shape index (κ1) is 23.0. The van der Waals surface area contributed by atoms with Crippen molar-refractivity contribution in [1.29, 1.82) is 0 Å². The lowest BCUT2D eigenvalue weighted by Crippen LogP contribution is -2.31. The first-order valence-electron chi connectivity index (χ1n) is 13.2. The average molecular weight is 429 g/mol. The Kier molecular flexibility index (Phi) is 7.88. The summed E-state index contributed by atoms with van der Waals surface area (Å²) in [5.74, 6) is 2.52. The maximum absolute atomic E-state index is 15.6. The van der Waals surface area contributed by atoms with E-state index in [2.05, 4.69) is 13.5 Å². The van der Waals surface area contributed by atoms with Crippen molar-refractivity contribution in [2.75, 3.05) is 0 Å². The van der Waals surface area contributed by atoms with E-state index in [1.165, 1.54) is 51.4 Å². The van der Waals surface area contributed by atoms with Gasteiger partial charge in [-0.1, -0.05) is 45.1 Å². The van der Waals surface area contributed by atoms with Crippen LogP contribution >= 0.6 is 0 Å². The van der Waals surface area contributed by atoms with Crippen molar-refractivity contribution in [3.63, 3.8) is 0 Å². The van der Waals surface area contributed by atoms with Crippen molar-refractivity contribution < 1.29 is 8.78 Å². The van der Waals surface area contributed by atoms with Crippen molar-refractivity contribution in [2.24, 2.45) is 23.7 Å². The van der Waals surface area contributed by atoms with Crippen LogP contribution < -0.4 is 0 Å². The van der Waals surface area contributed by atoms with Gasteiger partial charge in [-0.15, -0.1) is 6.58 Å². The number of rotatable bonds is 8. The predicted octanol–water partition coefficient (Wildman–Crippen LogP) is 8.92. The molecule has 0 N–H and O–H groups in total. The molecule has 0 nitrogen and oxygen atoms in total. The molecule has 2 saturated carbocycles. The number of allylic oxidation sites excluding steroid dienone is 1. The molecule has 2 fully saturated rings. The Hall–Kier alpha value is -1.18. The third-order valence-electron chi connectivity index (χ3n) is 8.88. The molecule has 5 unspecified atom stereocenters. The summed E-state index contributed by atoms with van der Waals surface area (Å²) in [6.45, 7) is 6.09. The molecular formula is C29H42F2. The van der Waals surface area contributed by atoms with Crippen LogP contribution in [0.1, 0.15) is 113 Å². The first-order chi connectivity index (χ1) is 15.1. The topological polar surface area (TPSA) is 0 Å². The lowest BCUT2D eigenvalue weighted by Gasteiger charge is -2.42. The van der Waals surface area contributed by atoms with Crippen LogP contribution in [-0.2, 0) is 12.8 Å². The summed E-state index contributed by atoms with van der Waals surface area (Å²) in [5, 5.41) is 0. The van der Waals surface area contributed by atoms with Crippen LogP contribution in [0.2, 0.25) is 0 Å². The smallest absolute Gasteiger partial charge is 0.133 e. The standard InChI is InChI=1S/C29H42F2/c1-3-5-7-9-21-11-15-26-25(17-21)19-27(30)28(29(26)31)24-14-13-22-16-20(8-6-4-2)10-12-23(22)18-24/h4,19-24H,2-3,5-18H2,1H3. The minimum Gasteiger partial charge on any atom is -0.207 e. The van der Waals surface area contributed by atoms with Crippen LogP contribution in [-0.4, -0.2) is 0 Å².